The van der Waals surface area contributed by atoms with Crippen molar-refractivity contribution in [1.82, 2.24) is 4.90 Å². The average molecular weight is 252 g/mol. The van der Waals surface area contributed by atoms with Crippen LogP contribution in [0.4, 0.5) is 0 Å². The smallest absolute Gasteiger partial charge is 0.175 e. The van der Waals surface area contributed by atoms with Crippen molar-refractivity contribution >= 4 is 9.84 Å². The Morgan fingerprint density at radius 2 is 1.82 bits per heavy atom. The number of sulfone groups is 1. The predicted octanol–water partition coefficient (Wildman–Crippen LogP) is 1.61. The van der Waals surface area contributed by atoms with Crippen molar-refractivity contribution in [1.29, 1.82) is 5.26 Å². The molecule has 1 atom stereocenters. The van der Waals surface area contributed by atoms with Gasteiger partial charge in [-0.2, -0.15) is 5.26 Å². The van der Waals surface area contributed by atoms with Crippen LogP contribution >= 0.6 is 0 Å². The minimum atomic E-state index is -3.16. The number of rotatable bonds is 4. The van der Waals surface area contributed by atoms with Crippen LogP contribution in [-0.2, 0) is 9.84 Å². The topological polar surface area (TPSA) is 61.2 Å². The van der Waals surface area contributed by atoms with Crippen molar-refractivity contribution in [2.75, 3.05) is 20.4 Å². The van der Waals surface area contributed by atoms with Gasteiger partial charge in [-0.05, 0) is 31.8 Å². The Morgan fingerprint density at radius 1 is 1.29 bits per heavy atom. The van der Waals surface area contributed by atoms with Crippen LogP contribution in [0.15, 0.2) is 29.2 Å². The molecule has 0 aliphatic rings. The van der Waals surface area contributed by atoms with Crippen LogP contribution in [-0.4, -0.2) is 33.7 Å². The summed E-state index contributed by atoms with van der Waals surface area (Å²) in [4.78, 5) is 2.24. The van der Waals surface area contributed by atoms with Gasteiger partial charge in [0.15, 0.2) is 9.84 Å². The van der Waals surface area contributed by atoms with Gasteiger partial charge in [0, 0.05) is 12.3 Å². The second kappa shape index (κ2) is 5.30. The van der Waals surface area contributed by atoms with Gasteiger partial charge in [0.2, 0.25) is 0 Å². The SMILES string of the molecule is CN(C)C(CC#N)c1ccc(S(C)(=O)=O)cc1. The normalized spacial score (nSPS) is 13.4. The fourth-order valence-electron chi connectivity index (χ4n) is 1.62. The van der Waals surface area contributed by atoms with Crippen molar-refractivity contribution in [2.24, 2.45) is 0 Å². The molecule has 0 aromatic heterocycles. The molecule has 0 spiro atoms. The summed E-state index contributed by atoms with van der Waals surface area (Å²) in [5, 5.41) is 8.76. The van der Waals surface area contributed by atoms with E-state index in [2.05, 4.69) is 6.07 Å². The van der Waals surface area contributed by atoms with Gasteiger partial charge in [-0.15, -0.1) is 0 Å². The lowest BCUT2D eigenvalue weighted by atomic mass is 10.0. The van der Waals surface area contributed by atoms with Gasteiger partial charge in [0.1, 0.15) is 0 Å². The third-order valence-corrected chi connectivity index (χ3v) is 3.73. The molecule has 0 aliphatic carbocycles. The highest BCUT2D eigenvalue weighted by molar-refractivity contribution is 7.90. The van der Waals surface area contributed by atoms with Crippen molar-refractivity contribution in [3.05, 3.63) is 29.8 Å². The van der Waals surface area contributed by atoms with Gasteiger partial charge in [0.05, 0.1) is 17.4 Å². The van der Waals surface area contributed by atoms with E-state index in [1.54, 1.807) is 24.3 Å². The third-order valence-electron chi connectivity index (χ3n) is 2.60. The summed E-state index contributed by atoms with van der Waals surface area (Å²) >= 11 is 0. The molecule has 0 radical (unpaired) electrons. The molecule has 0 saturated heterocycles. The highest BCUT2D eigenvalue weighted by atomic mass is 32.2. The molecule has 0 amide bonds. The van der Waals surface area contributed by atoms with Gasteiger partial charge in [-0.3, -0.25) is 0 Å². The maximum Gasteiger partial charge on any atom is 0.175 e. The first-order valence-electron chi connectivity index (χ1n) is 5.19. The zero-order valence-electron chi connectivity index (χ0n) is 10.2. The summed E-state index contributed by atoms with van der Waals surface area (Å²) in [7, 11) is 0.634. The quantitative estimate of drug-likeness (QED) is 0.816. The summed E-state index contributed by atoms with van der Waals surface area (Å²) in [5.74, 6) is 0. The maximum absolute atomic E-state index is 11.3. The molecule has 1 rings (SSSR count). The van der Waals surface area contributed by atoms with Gasteiger partial charge in [-0.25, -0.2) is 8.42 Å². The van der Waals surface area contributed by atoms with Gasteiger partial charge in [-0.1, -0.05) is 12.1 Å². The molecule has 0 bridgehead atoms. The molecule has 1 aromatic rings. The van der Waals surface area contributed by atoms with Crippen LogP contribution in [0.1, 0.15) is 18.0 Å². The van der Waals surface area contributed by atoms with E-state index in [1.807, 2.05) is 19.0 Å². The molecule has 17 heavy (non-hydrogen) atoms. The Balaban J connectivity index is 3.05. The first kappa shape index (κ1) is 13.7. The molecular formula is C12H16N2O2S. The van der Waals surface area contributed by atoms with Gasteiger partial charge in [0.25, 0.3) is 0 Å². The minimum absolute atomic E-state index is 0.00592. The maximum atomic E-state index is 11.3. The van der Waals surface area contributed by atoms with Crippen LogP contribution < -0.4 is 0 Å². The summed E-state index contributed by atoms with van der Waals surface area (Å²) in [6.07, 6.45) is 1.56. The molecule has 0 N–H and O–H groups in total. The van der Waals surface area contributed by atoms with Crippen molar-refractivity contribution in [2.45, 2.75) is 17.4 Å². The third kappa shape index (κ3) is 3.55. The fourth-order valence-corrected chi connectivity index (χ4v) is 2.25. The molecule has 0 heterocycles. The number of nitrogens with zero attached hydrogens (tertiary/aromatic N) is 2. The van der Waals surface area contributed by atoms with E-state index < -0.39 is 9.84 Å². The first-order chi connectivity index (χ1) is 7.86. The van der Waals surface area contributed by atoms with E-state index in [1.165, 1.54) is 6.26 Å². The van der Waals surface area contributed by atoms with Gasteiger partial charge >= 0.3 is 0 Å². The second-order valence-corrected chi connectivity index (χ2v) is 6.20. The van der Waals surface area contributed by atoms with Crippen LogP contribution in [0, 0.1) is 11.3 Å². The van der Waals surface area contributed by atoms with Crippen molar-refractivity contribution in [3.8, 4) is 6.07 Å². The lowest BCUT2D eigenvalue weighted by molar-refractivity contribution is 0.303. The monoisotopic (exact) mass is 252 g/mol. The Labute approximate surface area is 102 Å². The Bertz CT molecular complexity index is 512. The van der Waals surface area contributed by atoms with E-state index >= 15 is 0 Å². The van der Waals surface area contributed by atoms with E-state index in [0.29, 0.717) is 11.3 Å². The second-order valence-electron chi connectivity index (χ2n) is 4.18. The van der Waals surface area contributed by atoms with E-state index in [4.69, 9.17) is 5.26 Å². The van der Waals surface area contributed by atoms with E-state index in [9.17, 15) is 8.42 Å². The largest absolute Gasteiger partial charge is 0.301 e. The zero-order valence-corrected chi connectivity index (χ0v) is 11.0. The van der Waals surface area contributed by atoms with E-state index in [-0.39, 0.29) is 6.04 Å². The Kier molecular flexibility index (Phi) is 4.27. The fraction of sp³-hybridized carbons (Fsp3) is 0.417. The molecule has 0 aliphatic heterocycles. The molecule has 4 nitrogen and oxygen atoms in total. The zero-order chi connectivity index (χ0) is 13.1. The first-order valence-corrected chi connectivity index (χ1v) is 7.09. The molecule has 0 saturated carbocycles. The highest BCUT2D eigenvalue weighted by Gasteiger charge is 2.14. The summed E-state index contributed by atoms with van der Waals surface area (Å²) < 4.78 is 22.6. The molecule has 1 aromatic carbocycles. The standard InChI is InChI=1S/C12H16N2O2S/c1-14(2)12(8-9-13)10-4-6-11(7-5-10)17(3,15)16/h4-7,12H,8H2,1-3H3. The lowest BCUT2D eigenvalue weighted by Crippen LogP contribution is -2.19. The molecule has 1 unspecified atom stereocenters. The summed E-state index contributed by atoms with van der Waals surface area (Å²) in [5.41, 5.74) is 0.948. The Morgan fingerprint density at radius 3 is 2.18 bits per heavy atom. The predicted molar refractivity (Wildman–Crippen MR) is 66.2 cm³/mol. The van der Waals surface area contributed by atoms with Crippen LogP contribution in [0.2, 0.25) is 0 Å². The Hall–Kier alpha value is -1.38. The number of benzene rings is 1. The molecule has 92 valence electrons. The molecule has 0 fully saturated rings. The van der Waals surface area contributed by atoms with E-state index in [0.717, 1.165) is 5.56 Å². The summed E-state index contributed by atoms with van der Waals surface area (Å²) in [6, 6.07) is 8.81. The summed E-state index contributed by atoms with van der Waals surface area (Å²) in [6.45, 7) is 0. The lowest BCUT2D eigenvalue weighted by Gasteiger charge is -2.22. The number of nitriles is 1. The average Bonchev–Trinajstić information content (AvgIpc) is 2.24. The van der Waals surface area contributed by atoms with Crippen molar-refractivity contribution in [3.63, 3.8) is 0 Å². The van der Waals surface area contributed by atoms with Crippen molar-refractivity contribution < 1.29 is 8.42 Å². The highest BCUT2D eigenvalue weighted by Crippen LogP contribution is 2.22. The van der Waals surface area contributed by atoms with Crippen LogP contribution in [0.3, 0.4) is 0 Å². The van der Waals surface area contributed by atoms with Gasteiger partial charge < -0.3 is 4.90 Å². The number of hydrogen-bond donors (Lipinski definition) is 0. The molecule has 5 heteroatoms. The molecular weight excluding hydrogens is 236 g/mol. The number of hydrogen-bond acceptors (Lipinski definition) is 4. The minimum Gasteiger partial charge on any atom is -0.301 e. The van der Waals surface area contributed by atoms with Crippen LogP contribution in [0.25, 0.3) is 0 Å². The van der Waals surface area contributed by atoms with Crippen LogP contribution in [0.5, 0.6) is 0 Å².